The number of amides is 2. The van der Waals surface area contributed by atoms with E-state index in [0.29, 0.717) is 54.1 Å². The molecule has 8 nitrogen and oxygen atoms in total. The summed E-state index contributed by atoms with van der Waals surface area (Å²) < 4.78 is 16.7. The van der Waals surface area contributed by atoms with Crippen molar-refractivity contribution in [2.75, 3.05) is 32.2 Å². The molecule has 1 atom stereocenters. The molecular formula is C23H27ClN2O6. The van der Waals surface area contributed by atoms with Crippen molar-refractivity contribution < 1.29 is 28.9 Å². The van der Waals surface area contributed by atoms with Gasteiger partial charge in [0.05, 0.1) is 38.5 Å². The molecule has 1 heterocycles. The highest BCUT2D eigenvalue weighted by Crippen LogP contribution is 2.40. The van der Waals surface area contributed by atoms with Gasteiger partial charge in [0, 0.05) is 11.6 Å². The fourth-order valence-electron chi connectivity index (χ4n) is 3.84. The lowest BCUT2D eigenvalue weighted by Crippen LogP contribution is -2.43. The Labute approximate surface area is 192 Å². The smallest absolute Gasteiger partial charge is 0.322 e. The first-order valence-electron chi connectivity index (χ1n) is 10.4. The molecule has 0 saturated carbocycles. The van der Waals surface area contributed by atoms with E-state index in [2.05, 4.69) is 5.32 Å². The van der Waals surface area contributed by atoms with Crippen LogP contribution >= 0.6 is 11.6 Å². The number of carbonyl (C=O) groups is 2. The van der Waals surface area contributed by atoms with Crippen LogP contribution in [0.1, 0.15) is 37.4 Å². The number of rotatable bonds is 8. The third-order valence-corrected chi connectivity index (χ3v) is 5.43. The van der Waals surface area contributed by atoms with E-state index in [-0.39, 0.29) is 6.42 Å². The Morgan fingerprint density at radius 1 is 1.12 bits per heavy atom. The van der Waals surface area contributed by atoms with Gasteiger partial charge in [0.25, 0.3) is 0 Å². The molecule has 1 aliphatic rings. The topological polar surface area (TPSA) is 97.3 Å². The minimum atomic E-state index is -1.01. The number of carboxylic acids is 1. The number of nitrogens with one attached hydrogen (secondary N) is 1. The van der Waals surface area contributed by atoms with Crippen molar-refractivity contribution in [2.24, 2.45) is 0 Å². The highest BCUT2D eigenvalue weighted by atomic mass is 35.5. The van der Waals surface area contributed by atoms with Crippen molar-refractivity contribution in [3.63, 3.8) is 0 Å². The number of carboxylic acid groups (broad SMARTS) is 1. The minimum Gasteiger partial charge on any atom is -0.495 e. The molecule has 0 fully saturated rings. The Balaban J connectivity index is 1.96. The average Bonchev–Trinajstić information content (AvgIpc) is 2.74. The number of aliphatic carboxylic acids is 1. The number of hydrogen-bond donors (Lipinski definition) is 2. The zero-order valence-electron chi connectivity index (χ0n) is 18.3. The van der Waals surface area contributed by atoms with Gasteiger partial charge in [-0.05, 0) is 61.7 Å². The fourth-order valence-corrected chi connectivity index (χ4v) is 4.01. The van der Waals surface area contributed by atoms with Gasteiger partial charge in [0.2, 0.25) is 0 Å². The van der Waals surface area contributed by atoms with Crippen LogP contribution in [0.15, 0.2) is 30.3 Å². The predicted octanol–water partition coefficient (Wildman–Crippen LogP) is 4.75. The van der Waals surface area contributed by atoms with Gasteiger partial charge in [-0.3, -0.25) is 4.79 Å². The summed E-state index contributed by atoms with van der Waals surface area (Å²) in [6.45, 7) is 5.01. The summed E-state index contributed by atoms with van der Waals surface area (Å²) in [5.41, 5.74) is 2.08. The Hall–Kier alpha value is -3.13. The third kappa shape index (κ3) is 5.19. The van der Waals surface area contributed by atoms with Crippen LogP contribution in [0.2, 0.25) is 5.02 Å². The van der Waals surface area contributed by atoms with Crippen molar-refractivity contribution in [2.45, 2.75) is 32.7 Å². The van der Waals surface area contributed by atoms with E-state index in [4.69, 9.17) is 25.8 Å². The second kappa shape index (κ2) is 10.5. The monoisotopic (exact) mass is 462 g/mol. The second-order valence-corrected chi connectivity index (χ2v) is 7.63. The van der Waals surface area contributed by atoms with Crippen LogP contribution in [-0.2, 0) is 11.2 Å². The van der Waals surface area contributed by atoms with Crippen molar-refractivity contribution >= 4 is 29.3 Å². The van der Waals surface area contributed by atoms with E-state index in [9.17, 15) is 14.7 Å². The maximum Gasteiger partial charge on any atom is 0.322 e. The van der Waals surface area contributed by atoms with E-state index in [0.717, 1.165) is 11.1 Å². The normalized spacial score (nSPS) is 15.0. The summed E-state index contributed by atoms with van der Waals surface area (Å²) >= 11 is 6.07. The van der Waals surface area contributed by atoms with Crippen molar-refractivity contribution in [1.29, 1.82) is 0 Å². The molecular weight excluding hydrogens is 436 g/mol. The van der Waals surface area contributed by atoms with Crippen LogP contribution in [0.25, 0.3) is 0 Å². The van der Waals surface area contributed by atoms with Gasteiger partial charge in [0.1, 0.15) is 5.75 Å². The highest BCUT2D eigenvalue weighted by Gasteiger charge is 2.34. The lowest BCUT2D eigenvalue weighted by Gasteiger charge is -2.37. The zero-order chi connectivity index (χ0) is 23.3. The molecule has 32 heavy (non-hydrogen) atoms. The average molecular weight is 463 g/mol. The van der Waals surface area contributed by atoms with Gasteiger partial charge in [-0.15, -0.1) is 0 Å². The molecule has 0 saturated heterocycles. The van der Waals surface area contributed by atoms with Crippen molar-refractivity contribution in [3.05, 3.63) is 46.5 Å². The number of halogens is 1. The Kier molecular flexibility index (Phi) is 7.69. The van der Waals surface area contributed by atoms with Crippen LogP contribution in [0.3, 0.4) is 0 Å². The maximum atomic E-state index is 13.2. The molecule has 3 rings (SSSR count). The lowest BCUT2D eigenvalue weighted by atomic mass is 9.90. The van der Waals surface area contributed by atoms with Crippen LogP contribution in [-0.4, -0.2) is 48.9 Å². The molecule has 2 amide bonds. The first kappa shape index (κ1) is 23.5. The summed E-state index contributed by atoms with van der Waals surface area (Å²) in [6.07, 6.45) is 0.310. The zero-order valence-corrected chi connectivity index (χ0v) is 19.1. The van der Waals surface area contributed by atoms with E-state index in [1.54, 1.807) is 24.3 Å². The number of urea groups is 1. The molecule has 9 heteroatoms. The van der Waals surface area contributed by atoms with E-state index in [1.807, 2.05) is 19.9 Å². The molecule has 2 aromatic rings. The molecule has 0 spiro atoms. The standard InChI is InChI=1S/C23H27ClN2O6/c1-4-31-20-10-14-8-9-26(18(13-22(27)28)16(14)12-21(20)32-5-2)23(29)25-17-11-15(24)6-7-19(17)30-3/h6-7,10-12,18H,4-5,8-9,13H2,1-3H3,(H,25,29)(H,27,28)/t18-/m0/s1. The van der Waals surface area contributed by atoms with Crippen molar-refractivity contribution in [1.82, 2.24) is 4.90 Å². The quantitative estimate of drug-likeness (QED) is 0.587. The van der Waals surface area contributed by atoms with Crippen LogP contribution in [0.4, 0.5) is 10.5 Å². The number of methoxy groups -OCH3 is 1. The number of fused-ring (bicyclic) bond motifs is 1. The van der Waals surface area contributed by atoms with Crippen LogP contribution in [0.5, 0.6) is 17.2 Å². The van der Waals surface area contributed by atoms with Crippen molar-refractivity contribution in [3.8, 4) is 17.2 Å². The Morgan fingerprint density at radius 2 is 1.81 bits per heavy atom. The number of anilines is 1. The third-order valence-electron chi connectivity index (χ3n) is 5.19. The number of benzene rings is 2. The molecule has 2 N–H and O–H groups in total. The molecule has 0 bridgehead atoms. The maximum absolute atomic E-state index is 13.2. The summed E-state index contributed by atoms with van der Waals surface area (Å²) in [6, 6.07) is 7.47. The van der Waals surface area contributed by atoms with Gasteiger partial charge in [-0.1, -0.05) is 11.6 Å². The van der Waals surface area contributed by atoms with E-state index < -0.39 is 18.0 Å². The lowest BCUT2D eigenvalue weighted by molar-refractivity contribution is -0.138. The van der Waals surface area contributed by atoms with Gasteiger partial charge in [-0.2, -0.15) is 0 Å². The molecule has 0 unspecified atom stereocenters. The first-order chi connectivity index (χ1) is 15.4. The predicted molar refractivity (Wildman–Crippen MR) is 121 cm³/mol. The van der Waals surface area contributed by atoms with Crippen LogP contribution in [0, 0.1) is 0 Å². The van der Waals surface area contributed by atoms with Crippen LogP contribution < -0.4 is 19.5 Å². The summed E-state index contributed by atoms with van der Waals surface area (Å²) in [5, 5.41) is 12.8. The second-order valence-electron chi connectivity index (χ2n) is 7.20. The summed E-state index contributed by atoms with van der Waals surface area (Å²) in [5.74, 6) is 0.591. The van der Waals surface area contributed by atoms with Gasteiger partial charge in [-0.25, -0.2) is 4.79 Å². The largest absolute Gasteiger partial charge is 0.495 e. The summed E-state index contributed by atoms with van der Waals surface area (Å²) in [4.78, 5) is 26.4. The number of hydrogen-bond acceptors (Lipinski definition) is 5. The van der Waals surface area contributed by atoms with Gasteiger partial charge >= 0.3 is 12.0 Å². The summed E-state index contributed by atoms with van der Waals surface area (Å²) in [7, 11) is 1.49. The Bertz CT molecular complexity index is 997. The number of carbonyl (C=O) groups excluding carboxylic acids is 1. The highest BCUT2D eigenvalue weighted by molar-refractivity contribution is 6.31. The molecule has 0 aromatic heterocycles. The minimum absolute atomic E-state index is 0.243. The van der Waals surface area contributed by atoms with E-state index >= 15 is 0 Å². The number of nitrogens with zero attached hydrogens (tertiary/aromatic N) is 1. The fraction of sp³-hybridized carbons (Fsp3) is 0.391. The Morgan fingerprint density at radius 3 is 2.44 bits per heavy atom. The SMILES string of the molecule is CCOc1cc2c(cc1OCC)[C@H](CC(=O)O)N(C(=O)Nc1cc(Cl)ccc1OC)CC2. The van der Waals surface area contributed by atoms with Gasteiger partial charge < -0.3 is 29.5 Å². The number of ether oxygens (including phenoxy) is 3. The van der Waals surface area contributed by atoms with E-state index in [1.165, 1.54) is 12.0 Å². The molecule has 2 aromatic carbocycles. The molecule has 1 aliphatic heterocycles. The molecule has 172 valence electrons. The first-order valence-corrected chi connectivity index (χ1v) is 10.8. The molecule has 0 radical (unpaired) electrons. The van der Waals surface area contributed by atoms with Gasteiger partial charge in [0.15, 0.2) is 11.5 Å². The molecule has 0 aliphatic carbocycles.